The van der Waals surface area contributed by atoms with Crippen molar-refractivity contribution in [2.24, 2.45) is 5.73 Å². The fourth-order valence-corrected chi connectivity index (χ4v) is 4.21. The molecule has 35 heavy (non-hydrogen) atoms. The highest BCUT2D eigenvalue weighted by Gasteiger charge is 2.32. The van der Waals surface area contributed by atoms with E-state index in [0.29, 0.717) is 11.7 Å². The van der Waals surface area contributed by atoms with Gasteiger partial charge in [-0.3, -0.25) is 14.6 Å². The van der Waals surface area contributed by atoms with Gasteiger partial charge in [-0.25, -0.2) is 0 Å². The summed E-state index contributed by atoms with van der Waals surface area (Å²) in [6, 6.07) is 12.8. The summed E-state index contributed by atoms with van der Waals surface area (Å²) >= 11 is 0. The number of primary amides is 1. The Kier molecular flexibility index (Phi) is 7.04. The molecule has 1 heterocycles. The molecule has 1 fully saturated rings. The molecule has 0 aliphatic heterocycles. The molecule has 6 nitrogen and oxygen atoms in total. The van der Waals surface area contributed by atoms with E-state index in [9.17, 15) is 22.8 Å². The van der Waals surface area contributed by atoms with E-state index in [1.807, 2.05) is 18.2 Å². The number of rotatable bonds is 6. The van der Waals surface area contributed by atoms with Crippen molar-refractivity contribution in [1.29, 1.82) is 0 Å². The number of hydrogen-bond acceptors (Lipinski definition) is 4. The minimum Gasteiger partial charge on any atom is -0.457 e. The number of carbonyl (C=O) groups is 2. The van der Waals surface area contributed by atoms with Crippen molar-refractivity contribution in [2.75, 3.05) is 5.32 Å². The molecule has 0 saturated heterocycles. The number of nitrogens with one attached hydrogen (secondary N) is 1. The number of amides is 2. The molecule has 0 radical (unpaired) electrons. The van der Waals surface area contributed by atoms with Gasteiger partial charge < -0.3 is 15.8 Å². The summed E-state index contributed by atoms with van der Waals surface area (Å²) in [6.45, 7) is 0. The molecule has 1 aromatic heterocycles. The molecular weight excluding hydrogens is 459 g/mol. The zero-order valence-corrected chi connectivity index (χ0v) is 18.8. The highest BCUT2D eigenvalue weighted by Crippen LogP contribution is 2.37. The van der Waals surface area contributed by atoms with Crippen molar-refractivity contribution < 1.29 is 27.5 Å². The number of halogens is 3. The number of hydrogen-bond donors (Lipinski definition) is 2. The van der Waals surface area contributed by atoms with Crippen LogP contribution in [-0.2, 0) is 6.18 Å². The second-order valence-electron chi connectivity index (χ2n) is 8.47. The van der Waals surface area contributed by atoms with Gasteiger partial charge in [0, 0.05) is 11.9 Å². The van der Waals surface area contributed by atoms with Gasteiger partial charge in [0.15, 0.2) is 0 Å². The van der Waals surface area contributed by atoms with Crippen molar-refractivity contribution in [3.05, 3.63) is 83.2 Å². The predicted octanol–water partition coefficient (Wildman–Crippen LogP) is 6.29. The van der Waals surface area contributed by atoms with Gasteiger partial charge in [0.05, 0.1) is 11.1 Å². The van der Waals surface area contributed by atoms with Crippen LogP contribution in [0.2, 0.25) is 0 Å². The molecule has 4 rings (SSSR count). The zero-order valence-electron chi connectivity index (χ0n) is 18.8. The summed E-state index contributed by atoms with van der Waals surface area (Å²) in [5.41, 5.74) is 5.08. The quantitative estimate of drug-likeness (QED) is 0.431. The predicted molar refractivity (Wildman–Crippen MR) is 124 cm³/mol. The molecule has 1 aliphatic rings. The van der Waals surface area contributed by atoms with E-state index < -0.39 is 23.6 Å². The summed E-state index contributed by atoms with van der Waals surface area (Å²) < 4.78 is 46.1. The van der Waals surface area contributed by atoms with Gasteiger partial charge >= 0.3 is 6.18 Å². The topological polar surface area (TPSA) is 94.3 Å². The van der Waals surface area contributed by atoms with Crippen LogP contribution in [0.1, 0.15) is 70.0 Å². The second-order valence-corrected chi connectivity index (χ2v) is 8.47. The molecule has 3 N–H and O–H groups in total. The first-order valence-corrected chi connectivity index (χ1v) is 11.3. The van der Waals surface area contributed by atoms with Crippen molar-refractivity contribution >= 4 is 17.5 Å². The molecule has 2 aromatic carbocycles. The maximum absolute atomic E-state index is 13.4. The fourth-order valence-electron chi connectivity index (χ4n) is 4.21. The lowest BCUT2D eigenvalue weighted by Gasteiger charge is -2.22. The lowest BCUT2D eigenvalue weighted by Crippen LogP contribution is -2.17. The normalized spacial score (nSPS) is 14.4. The second kappa shape index (κ2) is 10.2. The van der Waals surface area contributed by atoms with Crippen LogP contribution >= 0.6 is 0 Å². The van der Waals surface area contributed by atoms with Crippen LogP contribution in [0.15, 0.2) is 60.8 Å². The average molecular weight is 483 g/mol. The molecule has 0 spiro atoms. The van der Waals surface area contributed by atoms with E-state index >= 15 is 0 Å². The summed E-state index contributed by atoms with van der Waals surface area (Å²) in [7, 11) is 0. The number of alkyl halides is 3. The number of benzene rings is 2. The van der Waals surface area contributed by atoms with E-state index in [1.54, 1.807) is 6.07 Å². The molecule has 9 heteroatoms. The molecule has 0 unspecified atom stereocenters. The van der Waals surface area contributed by atoms with Crippen LogP contribution in [-0.4, -0.2) is 16.8 Å². The molecule has 2 amide bonds. The molecule has 1 saturated carbocycles. The van der Waals surface area contributed by atoms with Crippen LogP contribution in [0.3, 0.4) is 0 Å². The van der Waals surface area contributed by atoms with Crippen molar-refractivity contribution in [3.63, 3.8) is 0 Å². The van der Waals surface area contributed by atoms with Crippen LogP contribution in [0.5, 0.6) is 11.5 Å². The maximum Gasteiger partial charge on any atom is 0.416 e. The Morgan fingerprint density at radius 3 is 2.49 bits per heavy atom. The van der Waals surface area contributed by atoms with Gasteiger partial charge in [-0.05, 0) is 66.8 Å². The monoisotopic (exact) mass is 483 g/mol. The third kappa shape index (κ3) is 5.98. The van der Waals surface area contributed by atoms with E-state index in [4.69, 9.17) is 10.5 Å². The smallest absolute Gasteiger partial charge is 0.416 e. The SMILES string of the molecule is NC(=O)c1cc(NC(=O)c2cc(C(F)(F)F)ccc2Oc2cccc(C3CCCCC3)c2)ccn1. The number of carbonyl (C=O) groups excluding carboxylic acids is 2. The van der Waals surface area contributed by atoms with E-state index in [2.05, 4.69) is 10.3 Å². The highest BCUT2D eigenvalue weighted by molar-refractivity contribution is 6.06. The van der Waals surface area contributed by atoms with E-state index in [0.717, 1.165) is 49.4 Å². The molecular formula is C26H24F3N3O3. The number of nitrogens with zero attached hydrogens (tertiary/aromatic N) is 1. The number of pyridine rings is 1. The Bertz CT molecular complexity index is 1240. The highest BCUT2D eigenvalue weighted by atomic mass is 19.4. The van der Waals surface area contributed by atoms with Gasteiger partial charge in [-0.1, -0.05) is 31.4 Å². The third-order valence-electron chi connectivity index (χ3n) is 5.98. The first-order valence-electron chi connectivity index (χ1n) is 11.3. The number of aromatic nitrogens is 1. The Labute approximate surface area is 200 Å². The minimum absolute atomic E-state index is 0.0273. The van der Waals surface area contributed by atoms with Gasteiger partial charge in [0.1, 0.15) is 17.2 Å². The Morgan fingerprint density at radius 2 is 1.77 bits per heavy atom. The first-order chi connectivity index (χ1) is 16.7. The van der Waals surface area contributed by atoms with Gasteiger partial charge in [0.25, 0.3) is 11.8 Å². The van der Waals surface area contributed by atoms with Gasteiger partial charge in [0.2, 0.25) is 0 Å². The third-order valence-corrected chi connectivity index (χ3v) is 5.98. The molecule has 1 aliphatic carbocycles. The zero-order chi connectivity index (χ0) is 25.0. The first kappa shape index (κ1) is 24.3. The van der Waals surface area contributed by atoms with Crippen LogP contribution in [0.4, 0.5) is 18.9 Å². The Hall–Kier alpha value is -3.88. The number of ether oxygens (including phenoxy) is 1. The Balaban J connectivity index is 1.64. The minimum atomic E-state index is -4.65. The number of anilines is 1. The molecule has 3 aromatic rings. The van der Waals surface area contributed by atoms with Crippen molar-refractivity contribution in [3.8, 4) is 11.5 Å². The van der Waals surface area contributed by atoms with Crippen LogP contribution < -0.4 is 15.8 Å². The molecule has 0 bridgehead atoms. The van der Waals surface area contributed by atoms with E-state index in [1.165, 1.54) is 24.8 Å². The van der Waals surface area contributed by atoms with Crippen LogP contribution in [0, 0.1) is 0 Å². The van der Waals surface area contributed by atoms with Gasteiger partial charge in [-0.15, -0.1) is 0 Å². The van der Waals surface area contributed by atoms with E-state index in [-0.39, 0.29) is 22.7 Å². The molecule has 182 valence electrons. The fraction of sp³-hybridized carbons (Fsp3) is 0.269. The van der Waals surface area contributed by atoms with Crippen molar-refractivity contribution in [2.45, 2.75) is 44.2 Å². The maximum atomic E-state index is 13.4. The molecule has 0 atom stereocenters. The average Bonchev–Trinajstić information content (AvgIpc) is 2.84. The summed E-state index contributed by atoms with van der Waals surface area (Å²) in [4.78, 5) is 28.2. The van der Waals surface area contributed by atoms with Crippen molar-refractivity contribution in [1.82, 2.24) is 4.98 Å². The summed E-state index contributed by atoms with van der Waals surface area (Å²) in [6.07, 6.45) is 2.31. The largest absolute Gasteiger partial charge is 0.457 e. The Morgan fingerprint density at radius 1 is 1.00 bits per heavy atom. The summed E-state index contributed by atoms with van der Waals surface area (Å²) in [5, 5.41) is 2.49. The van der Waals surface area contributed by atoms with Crippen LogP contribution in [0.25, 0.3) is 0 Å². The summed E-state index contributed by atoms with van der Waals surface area (Å²) in [5.74, 6) is -0.825. The lowest BCUT2D eigenvalue weighted by molar-refractivity contribution is -0.137. The lowest BCUT2D eigenvalue weighted by atomic mass is 9.84. The number of nitrogens with two attached hydrogens (primary N) is 1. The standard InChI is InChI=1S/C26H24F3N3O3/c27-26(28,29)18-9-10-23(35-20-8-4-7-17(13-20)16-5-2-1-3-6-16)21(14-18)25(34)32-19-11-12-31-22(15-19)24(30)33/h4,7-16H,1-3,5-6H2,(H2,30,33)(H,31,32,34). The van der Waals surface area contributed by atoms with Gasteiger partial charge in [-0.2, -0.15) is 13.2 Å².